The molecule has 0 aliphatic heterocycles. The van der Waals surface area contributed by atoms with Crippen LogP contribution in [0.2, 0.25) is 0 Å². The van der Waals surface area contributed by atoms with Crippen molar-refractivity contribution < 1.29 is 26.3 Å². The summed E-state index contributed by atoms with van der Waals surface area (Å²) in [6.07, 6.45) is -9.49. The summed E-state index contributed by atoms with van der Waals surface area (Å²) in [6.45, 7) is 4.96. The Bertz CT molecular complexity index is 471. The topological polar surface area (TPSA) is 0 Å². The smallest absolute Gasteiger partial charge is 0.166 e. The van der Waals surface area contributed by atoms with Gasteiger partial charge in [-0.3, -0.25) is 0 Å². The molecule has 0 saturated heterocycles. The van der Waals surface area contributed by atoms with Crippen LogP contribution >= 0.6 is 0 Å². The summed E-state index contributed by atoms with van der Waals surface area (Å²) in [5.41, 5.74) is -2.82. The second kappa shape index (κ2) is 5.57. The van der Waals surface area contributed by atoms with E-state index in [0.29, 0.717) is 12.1 Å². The highest BCUT2D eigenvalue weighted by Crippen LogP contribution is 2.41. The average molecular weight is 308 g/mol. The van der Waals surface area contributed by atoms with Crippen LogP contribution in [0.3, 0.4) is 0 Å². The molecule has 1 aromatic rings. The van der Waals surface area contributed by atoms with Crippen LogP contribution in [0, 0.1) is 5.92 Å². The van der Waals surface area contributed by atoms with Gasteiger partial charge in [0.2, 0.25) is 0 Å². The van der Waals surface area contributed by atoms with E-state index in [4.69, 9.17) is 7.85 Å². The second-order valence-electron chi connectivity index (χ2n) is 5.34. The van der Waals surface area contributed by atoms with E-state index in [9.17, 15) is 26.3 Å². The minimum Gasteiger partial charge on any atom is -0.166 e. The van der Waals surface area contributed by atoms with Crippen LogP contribution in [-0.2, 0) is 17.7 Å². The molecule has 0 fully saturated rings. The van der Waals surface area contributed by atoms with Gasteiger partial charge < -0.3 is 0 Å². The van der Waals surface area contributed by atoms with Crippen molar-refractivity contribution in [3.8, 4) is 0 Å². The quantitative estimate of drug-likeness (QED) is 0.535. The monoisotopic (exact) mass is 308 g/mol. The van der Waals surface area contributed by atoms with E-state index in [2.05, 4.69) is 0 Å². The van der Waals surface area contributed by atoms with Gasteiger partial charge in [-0.15, -0.1) is 0 Å². The van der Waals surface area contributed by atoms with Gasteiger partial charge in [0.15, 0.2) is 0 Å². The molecule has 0 heterocycles. The molecule has 1 aromatic carbocycles. The first-order valence-electron chi connectivity index (χ1n) is 6.41. The fourth-order valence-corrected chi connectivity index (χ4v) is 2.17. The highest BCUT2D eigenvalue weighted by Gasteiger charge is 2.39. The molecule has 1 unspecified atom stereocenters. The summed E-state index contributed by atoms with van der Waals surface area (Å²) in [7, 11) is 6.05. The molecule has 0 nitrogen and oxygen atoms in total. The van der Waals surface area contributed by atoms with Crippen molar-refractivity contribution in [1.29, 1.82) is 0 Å². The zero-order valence-corrected chi connectivity index (χ0v) is 11.9. The van der Waals surface area contributed by atoms with E-state index in [0.717, 1.165) is 0 Å². The maximum absolute atomic E-state index is 12.8. The lowest BCUT2D eigenvalue weighted by Crippen LogP contribution is -2.33. The van der Waals surface area contributed by atoms with Crippen molar-refractivity contribution in [1.82, 2.24) is 0 Å². The van der Waals surface area contributed by atoms with Crippen LogP contribution in [-0.4, -0.2) is 7.85 Å². The van der Waals surface area contributed by atoms with Gasteiger partial charge in [0, 0.05) is 0 Å². The maximum Gasteiger partial charge on any atom is 0.416 e. The highest BCUT2D eigenvalue weighted by molar-refractivity contribution is 6.16. The fraction of sp³-hybridized carbons (Fsp3) is 0.571. The second-order valence-corrected chi connectivity index (χ2v) is 5.34. The molecule has 0 spiro atoms. The lowest BCUT2D eigenvalue weighted by Gasteiger charge is -2.35. The summed E-state index contributed by atoms with van der Waals surface area (Å²) in [5, 5.41) is -1.25. The van der Waals surface area contributed by atoms with E-state index >= 15 is 0 Å². The molecule has 0 saturated carbocycles. The molecule has 7 heteroatoms. The highest BCUT2D eigenvalue weighted by atomic mass is 19.4. The lowest BCUT2D eigenvalue weighted by atomic mass is 9.56. The fourth-order valence-electron chi connectivity index (χ4n) is 2.17. The molecule has 0 aromatic heterocycles. The molecule has 0 amide bonds. The van der Waals surface area contributed by atoms with Gasteiger partial charge in [-0.2, -0.15) is 26.3 Å². The molecule has 0 bridgehead atoms. The zero-order valence-electron chi connectivity index (χ0n) is 11.9. The molecule has 0 aliphatic rings. The molecule has 21 heavy (non-hydrogen) atoms. The van der Waals surface area contributed by atoms with Crippen molar-refractivity contribution in [3.05, 3.63) is 34.9 Å². The van der Waals surface area contributed by atoms with Gasteiger partial charge in [-0.25, -0.2) is 0 Å². The molecular formula is C14H15BF6. The number of alkyl halides is 6. The standard InChI is InChI=1S/C14H15BF6/c1-4-12(15,8(2)3)9-5-10(13(16,17)18)7-11(6-9)14(19,20)21/h5-8H,4H2,1-3H3. The van der Waals surface area contributed by atoms with Gasteiger partial charge in [-0.1, -0.05) is 27.2 Å². The predicted molar refractivity (Wildman–Crippen MR) is 69.0 cm³/mol. The van der Waals surface area contributed by atoms with Crippen LogP contribution in [0.15, 0.2) is 18.2 Å². The Morgan fingerprint density at radius 1 is 0.857 bits per heavy atom. The summed E-state index contributed by atoms with van der Waals surface area (Å²) >= 11 is 0. The number of benzene rings is 1. The van der Waals surface area contributed by atoms with Crippen LogP contribution in [0.25, 0.3) is 0 Å². The van der Waals surface area contributed by atoms with Crippen LogP contribution < -0.4 is 0 Å². The minimum absolute atomic E-state index is 0.111. The van der Waals surface area contributed by atoms with E-state index in [-0.39, 0.29) is 24.0 Å². The number of halogens is 6. The summed E-state index contributed by atoms with van der Waals surface area (Å²) in [6, 6.07) is 1.53. The third kappa shape index (κ3) is 3.74. The first-order chi connectivity index (χ1) is 9.32. The number of hydrogen-bond acceptors (Lipinski definition) is 0. The normalized spacial score (nSPS) is 16.1. The Labute approximate surface area is 120 Å². The molecule has 0 aliphatic carbocycles. The Morgan fingerprint density at radius 2 is 1.19 bits per heavy atom. The van der Waals surface area contributed by atoms with Crippen molar-refractivity contribution >= 4 is 7.85 Å². The van der Waals surface area contributed by atoms with Crippen LogP contribution in [0.5, 0.6) is 0 Å². The lowest BCUT2D eigenvalue weighted by molar-refractivity contribution is -0.143. The van der Waals surface area contributed by atoms with Gasteiger partial charge in [0.25, 0.3) is 0 Å². The molecular weight excluding hydrogens is 293 g/mol. The van der Waals surface area contributed by atoms with Crippen LogP contribution in [0.4, 0.5) is 26.3 Å². The molecule has 2 radical (unpaired) electrons. The van der Waals surface area contributed by atoms with Gasteiger partial charge in [-0.05, 0) is 35.0 Å². The summed E-state index contributed by atoms with van der Waals surface area (Å²) in [4.78, 5) is 0. The van der Waals surface area contributed by atoms with E-state index in [1.165, 1.54) is 0 Å². The van der Waals surface area contributed by atoms with E-state index in [1.54, 1.807) is 20.8 Å². The van der Waals surface area contributed by atoms with Gasteiger partial charge in [0.05, 0.1) is 19.0 Å². The van der Waals surface area contributed by atoms with Crippen LogP contribution in [0.1, 0.15) is 43.9 Å². The Hall–Kier alpha value is -1.14. The van der Waals surface area contributed by atoms with Gasteiger partial charge >= 0.3 is 12.4 Å². The maximum atomic E-state index is 12.8. The molecule has 116 valence electrons. The SMILES string of the molecule is [B]C(CC)(c1cc(C(F)(F)F)cc(C(F)(F)F)c1)C(C)C. The molecule has 0 N–H and O–H groups in total. The molecule has 1 atom stereocenters. The summed E-state index contributed by atoms with van der Waals surface area (Å²) < 4.78 is 76.9. The Kier molecular flexibility index (Phi) is 4.76. The molecule has 1 rings (SSSR count). The first-order valence-corrected chi connectivity index (χ1v) is 6.41. The average Bonchev–Trinajstić information content (AvgIpc) is 2.34. The number of rotatable bonds is 3. The van der Waals surface area contributed by atoms with Crippen molar-refractivity contribution in [2.24, 2.45) is 5.92 Å². The van der Waals surface area contributed by atoms with Crippen molar-refractivity contribution in [2.45, 2.75) is 44.9 Å². The first kappa shape index (κ1) is 17.9. The largest absolute Gasteiger partial charge is 0.416 e. The third-order valence-corrected chi connectivity index (χ3v) is 3.74. The van der Waals surface area contributed by atoms with E-state index in [1.807, 2.05) is 0 Å². The van der Waals surface area contributed by atoms with Crippen molar-refractivity contribution in [2.75, 3.05) is 0 Å². The van der Waals surface area contributed by atoms with Gasteiger partial charge in [0.1, 0.15) is 0 Å². The minimum atomic E-state index is -4.86. The predicted octanol–water partition coefficient (Wildman–Crippen LogP) is 5.15. The Balaban J connectivity index is 3.60. The zero-order chi connectivity index (χ0) is 16.6. The third-order valence-electron chi connectivity index (χ3n) is 3.74. The number of hydrogen-bond donors (Lipinski definition) is 0. The van der Waals surface area contributed by atoms with Crippen molar-refractivity contribution in [3.63, 3.8) is 0 Å². The Morgan fingerprint density at radius 3 is 1.43 bits per heavy atom. The van der Waals surface area contributed by atoms with E-state index < -0.39 is 28.8 Å². The summed E-state index contributed by atoms with van der Waals surface area (Å²) in [5.74, 6) is -0.313.